The number of carboxylic acid groups (broad SMARTS) is 1. The Morgan fingerprint density at radius 1 is 1.29 bits per heavy atom. The number of nitrogens with zero attached hydrogens (tertiary/aromatic N) is 3. The van der Waals surface area contributed by atoms with Crippen LogP contribution in [-0.4, -0.2) is 74.8 Å². The van der Waals surface area contributed by atoms with Crippen molar-refractivity contribution in [2.75, 3.05) is 13.1 Å². The van der Waals surface area contributed by atoms with Crippen molar-refractivity contribution >= 4 is 35.0 Å². The Bertz CT molecular complexity index is 1140. The predicted octanol–water partition coefficient (Wildman–Crippen LogP) is -1.13. The van der Waals surface area contributed by atoms with Crippen molar-refractivity contribution in [3.8, 4) is 0 Å². The number of hydrogen-bond acceptors (Lipinski definition) is 5. The molecule has 0 saturated carbocycles. The molecule has 4 aliphatic heterocycles. The summed E-state index contributed by atoms with van der Waals surface area (Å²) in [5.41, 5.74) is 0.290. The first kappa shape index (κ1) is 25.0. The average Bonchev–Trinajstić information content (AvgIpc) is 3.45. The van der Waals surface area contributed by atoms with Crippen molar-refractivity contribution < 1.29 is 68.4 Å². The number of allylic oxidation sites excluding steroid dienone is 2. The molecule has 13 heteroatoms. The molecule has 5 heterocycles. The maximum atomic E-state index is 13.0. The van der Waals surface area contributed by atoms with Crippen LogP contribution in [0.4, 0.5) is 13.2 Å². The number of hydrogen-bond donors (Lipinski definition) is 1. The van der Waals surface area contributed by atoms with Crippen molar-refractivity contribution in [2.24, 2.45) is 5.92 Å². The molecule has 3 amide bonds. The SMILES string of the molecule is O=C(O)C1=C(/C=C2\CCN(Cc3cccs3)C2=O)C[C@@H]2CN(C(=O)C(F)(F)F)[C@@H]3C(=O)N1[C@H]23.[H-].[Na+]. The summed E-state index contributed by atoms with van der Waals surface area (Å²) in [5.74, 6) is -5.11. The van der Waals surface area contributed by atoms with Gasteiger partial charge in [-0.3, -0.25) is 19.3 Å². The van der Waals surface area contributed by atoms with E-state index in [0.717, 1.165) is 9.78 Å². The average molecular weight is 505 g/mol. The summed E-state index contributed by atoms with van der Waals surface area (Å²) in [6, 6.07) is 1.69. The van der Waals surface area contributed by atoms with Gasteiger partial charge in [-0.15, -0.1) is 11.3 Å². The van der Waals surface area contributed by atoms with Gasteiger partial charge in [-0.2, -0.15) is 13.2 Å². The van der Waals surface area contributed by atoms with E-state index in [4.69, 9.17) is 0 Å². The molecule has 3 fully saturated rings. The van der Waals surface area contributed by atoms with Crippen molar-refractivity contribution in [1.82, 2.24) is 14.7 Å². The van der Waals surface area contributed by atoms with Gasteiger partial charge in [0.25, 0.3) is 5.91 Å². The third-order valence-corrected chi connectivity index (χ3v) is 7.44. The molecule has 0 radical (unpaired) electrons. The number of likely N-dealkylation sites (tertiary alicyclic amines) is 2. The molecule has 1 aromatic heterocycles. The molecule has 176 valence electrons. The first-order valence-corrected chi connectivity index (χ1v) is 11.2. The summed E-state index contributed by atoms with van der Waals surface area (Å²) in [7, 11) is 0. The number of halogens is 3. The molecule has 0 aliphatic carbocycles. The maximum Gasteiger partial charge on any atom is 1.00 e. The topological polar surface area (TPSA) is 98.2 Å². The van der Waals surface area contributed by atoms with Gasteiger partial charge in [-0.25, -0.2) is 4.79 Å². The minimum Gasteiger partial charge on any atom is -1.00 e. The van der Waals surface area contributed by atoms with Gasteiger partial charge in [-0.05, 0) is 35.9 Å². The van der Waals surface area contributed by atoms with Gasteiger partial charge in [0, 0.05) is 29.5 Å². The standard InChI is InChI=1S/C21H18F3N3O5S.Na.H/c22-21(23,24)20(32)26-8-12-7-11(15(19(30)31)27-14(12)16(26)18(27)29)6-10-3-4-25(17(10)28)9-13-2-1-5-33-13;;/h1-2,5-6,12,14,16H,3-4,7-9H2,(H,30,31);;/q;+1;-1/b10-6+;;/t12-,14-,16+;;/m1../s1. The molecular weight excluding hydrogens is 486 g/mol. The molecule has 0 unspecified atom stereocenters. The molecule has 1 aromatic rings. The molecule has 0 bridgehead atoms. The normalized spacial score (nSPS) is 27.2. The van der Waals surface area contributed by atoms with Gasteiger partial charge in [0.05, 0.1) is 12.6 Å². The zero-order valence-corrected chi connectivity index (χ0v) is 20.9. The Kier molecular flexibility index (Phi) is 6.47. The minimum absolute atomic E-state index is 0. The van der Waals surface area contributed by atoms with E-state index in [1.807, 2.05) is 17.5 Å². The van der Waals surface area contributed by atoms with E-state index in [-0.39, 0.29) is 61.1 Å². The van der Waals surface area contributed by atoms with E-state index in [9.17, 15) is 37.5 Å². The summed E-state index contributed by atoms with van der Waals surface area (Å²) < 4.78 is 39.0. The summed E-state index contributed by atoms with van der Waals surface area (Å²) >= 11 is 1.52. The van der Waals surface area contributed by atoms with Crippen LogP contribution in [0.3, 0.4) is 0 Å². The predicted molar refractivity (Wildman–Crippen MR) is 109 cm³/mol. The van der Waals surface area contributed by atoms with Crippen molar-refractivity contribution in [1.29, 1.82) is 0 Å². The van der Waals surface area contributed by atoms with Gasteiger partial charge in [0.15, 0.2) is 0 Å². The van der Waals surface area contributed by atoms with E-state index >= 15 is 0 Å². The second-order valence-electron chi connectivity index (χ2n) is 8.47. The molecule has 3 atom stereocenters. The van der Waals surface area contributed by atoms with E-state index < -0.39 is 42.0 Å². The molecule has 3 saturated heterocycles. The Balaban J connectivity index is 0.00000171. The van der Waals surface area contributed by atoms with E-state index in [1.165, 1.54) is 17.4 Å². The largest absolute Gasteiger partial charge is 1.00 e. The quantitative estimate of drug-likeness (QED) is 0.317. The van der Waals surface area contributed by atoms with Gasteiger partial charge in [-0.1, -0.05) is 6.07 Å². The van der Waals surface area contributed by atoms with Crippen LogP contribution < -0.4 is 29.6 Å². The number of rotatable bonds is 4. The number of β-lactam (4-membered cyclic amide) rings is 1. The van der Waals surface area contributed by atoms with E-state index in [1.54, 1.807) is 4.90 Å². The zero-order chi connectivity index (χ0) is 23.7. The van der Waals surface area contributed by atoms with Crippen LogP contribution in [0.5, 0.6) is 0 Å². The first-order valence-electron chi connectivity index (χ1n) is 10.3. The Hall–Kier alpha value is -2.15. The second kappa shape index (κ2) is 8.81. The van der Waals surface area contributed by atoms with Crippen LogP contribution in [0.25, 0.3) is 0 Å². The number of carbonyl (C=O) groups excluding carboxylic acids is 3. The van der Waals surface area contributed by atoms with E-state index in [0.29, 0.717) is 30.0 Å². The molecule has 5 rings (SSSR count). The van der Waals surface area contributed by atoms with Crippen LogP contribution in [0.15, 0.2) is 40.4 Å². The number of carbonyl (C=O) groups is 4. The smallest absolute Gasteiger partial charge is 1.00 e. The first-order chi connectivity index (χ1) is 15.6. The van der Waals surface area contributed by atoms with Gasteiger partial charge in [0.1, 0.15) is 11.7 Å². The van der Waals surface area contributed by atoms with Crippen molar-refractivity contribution in [2.45, 2.75) is 37.6 Å². The molecule has 4 aliphatic rings. The summed E-state index contributed by atoms with van der Waals surface area (Å²) in [6.45, 7) is 0.598. The molecule has 8 nitrogen and oxygen atoms in total. The third-order valence-electron chi connectivity index (χ3n) is 6.58. The van der Waals surface area contributed by atoms with Gasteiger partial charge in [0.2, 0.25) is 5.91 Å². The van der Waals surface area contributed by atoms with Crippen LogP contribution in [0.1, 0.15) is 19.1 Å². The molecular formula is C21H19F3N3NaO5S. The fraction of sp³-hybridized carbons (Fsp3) is 0.429. The van der Waals surface area contributed by atoms with Crippen LogP contribution in [0.2, 0.25) is 0 Å². The summed E-state index contributed by atoms with van der Waals surface area (Å²) in [4.78, 5) is 53.5. The molecule has 1 N–H and O–H groups in total. The van der Waals surface area contributed by atoms with Crippen LogP contribution in [-0.2, 0) is 25.7 Å². The number of aliphatic carboxylic acids is 1. The van der Waals surface area contributed by atoms with Crippen LogP contribution in [0, 0.1) is 5.92 Å². The molecule has 34 heavy (non-hydrogen) atoms. The summed E-state index contributed by atoms with van der Waals surface area (Å²) in [5, 5.41) is 11.7. The monoisotopic (exact) mass is 505 g/mol. The van der Waals surface area contributed by atoms with Gasteiger partial charge < -0.3 is 16.3 Å². The molecule has 0 spiro atoms. The fourth-order valence-corrected chi connectivity index (χ4v) is 5.95. The second-order valence-corrected chi connectivity index (χ2v) is 9.50. The van der Waals surface area contributed by atoms with Crippen molar-refractivity contribution in [3.05, 3.63) is 45.3 Å². The van der Waals surface area contributed by atoms with E-state index in [2.05, 4.69) is 0 Å². The number of thiophene rings is 1. The maximum absolute atomic E-state index is 13.0. The fourth-order valence-electron chi connectivity index (χ4n) is 5.23. The number of amides is 3. The number of carboxylic acids is 1. The van der Waals surface area contributed by atoms with Crippen molar-refractivity contribution in [3.63, 3.8) is 0 Å². The Labute approximate surface area is 219 Å². The van der Waals surface area contributed by atoms with Gasteiger partial charge >= 0.3 is 47.6 Å². The minimum atomic E-state index is -5.12. The zero-order valence-electron chi connectivity index (χ0n) is 19.0. The summed E-state index contributed by atoms with van der Waals surface area (Å²) in [6.07, 6.45) is -3.20. The Morgan fingerprint density at radius 3 is 2.65 bits per heavy atom. The molecule has 0 aromatic carbocycles. The third kappa shape index (κ3) is 3.90. The Morgan fingerprint density at radius 2 is 2.03 bits per heavy atom. The van der Waals surface area contributed by atoms with Crippen LogP contribution >= 0.6 is 11.3 Å². The number of alkyl halides is 3.